The van der Waals surface area contributed by atoms with Crippen LogP contribution in [-0.4, -0.2) is 21.6 Å². The maximum absolute atomic E-state index is 3.66. The Hall–Kier alpha value is -1.32. The van der Waals surface area contributed by atoms with Crippen molar-refractivity contribution in [1.82, 2.24) is 15.1 Å². The molecule has 0 fully saturated rings. The molecule has 0 aromatic carbocycles. The molecule has 0 spiro atoms. The van der Waals surface area contributed by atoms with Gasteiger partial charge in [-0.25, -0.2) is 0 Å². The molecule has 1 aromatic heterocycles. The van der Waals surface area contributed by atoms with Gasteiger partial charge in [0.05, 0.1) is 18.9 Å². The van der Waals surface area contributed by atoms with E-state index in [0.29, 0.717) is 6.54 Å². The van der Waals surface area contributed by atoms with Gasteiger partial charge in [0.1, 0.15) is 0 Å². The summed E-state index contributed by atoms with van der Waals surface area (Å²) < 4.78 is 0. The summed E-state index contributed by atoms with van der Waals surface area (Å²) in [6, 6.07) is 0. The zero-order chi connectivity index (χ0) is 6.53. The van der Waals surface area contributed by atoms with Crippen molar-refractivity contribution in [2.45, 2.75) is 0 Å². The third-order valence-electron chi connectivity index (χ3n) is 0.820. The Morgan fingerprint density at radius 3 is 3.22 bits per heavy atom. The van der Waals surface area contributed by atoms with Crippen molar-refractivity contribution in [3.05, 3.63) is 25.0 Å². The van der Waals surface area contributed by atoms with E-state index in [-0.39, 0.29) is 0 Å². The fourth-order valence-corrected chi connectivity index (χ4v) is 0.451. The number of nitrogens with one attached hydrogen (secondary N) is 1. The first-order valence-corrected chi connectivity index (χ1v) is 2.64. The molecule has 0 atom stereocenters. The van der Waals surface area contributed by atoms with E-state index in [2.05, 4.69) is 22.3 Å². The smallest absolute Gasteiger partial charge is 0.0715 e. The zero-order valence-corrected chi connectivity index (χ0v) is 4.99. The van der Waals surface area contributed by atoms with Crippen LogP contribution in [0, 0.1) is 0 Å². The first-order chi connectivity index (χ1) is 4.43. The van der Waals surface area contributed by atoms with Crippen LogP contribution < -0.4 is 5.43 Å². The second kappa shape index (κ2) is 2.86. The Morgan fingerprint density at radius 1 is 1.78 bits per heavy atom. The Balaban J connectivity index is 2.38. The minimum Gasteiger partial charge on any atom is -0.305 e. The summed E-state index contributed by atoms with van der Waals surface area (Å²) in [5, 5.41) is 7.25. The molecule has 0 unspecified atom stereocenters. The fraction of sp³-hybridized carbons (Fsp3) is 0.200. The molecule has 4 nitrogen and oxygen atoms in total. The number of aromatic nitrogens is 3. The topological polar surface area (TPSA) is 42.7 Å². The number of hydrogen-bond donors (Lipinski definition) is 1. The molecular formula is C5H8N4. The van der Waals surface area contributed by atoms with E-state index in [1.165, 1.54) is 4.79 Å². The summed E-state index contributed by atoms with van der Waals surface area (Å²) >= 11 is 0. The third kappa shape index (κ3) is 1.56. The molecule has 1 aromatic rings. The van der Waals surface area contributed by atoms with Gasteiger partial charge in [0, 0.05) is 0 Å². The summed E-state index contributed by atoms with van der Waals surface area (Å²) in [4.78, 5) is 1.53. The Kier molecular flexibility index (Phi) is 1.85. The lowest BCUT2D eigenvalue weighted by molar-refractivity contribution is 0.713. The van der Waals surface area contributed by atoms with Crippen LogP contribution in [0.3, 0.4) is 0 Å². The van der Waals surface area contributed by atoms with Gasteiger partial charge >= 0.3 is 0 Å². The second-order valence-corrected chi connectivity index (χ2v) is 1.50. The van der Waals surface area contributed by atoms with E-state index in [1.807, 2.05) is 0 Å². The Labute approximate surface area is 53.2 Å². The summed E-state index contributed by atoms with van der Waals surface area (Å²) in [5.41, 5.74) is 2.90. The average Bonchev–Trinajstić information content (AvgIpc) is 2.34. The molecular weight excluding hydrogens is 116 g/mol. The summed E-state index contributed by atoms with van der Waals surface area (Å²) in [6.07, 6.45) is 5.08. The summed E-state index contributed by atoms with van der Waals surface area (Å²) in [7, 11) is 0. The lowest BCUT2D eigenvalue weighted by Crippen LogP contribution is -2.14. The van der Waals surface area contributed by atoms with Crippen molar-refractivity contribution in [2.24, 2.45) is 0 Å². The van der Waals surface area contributed by atoms with Crippen LogP contribution in [0.5, 0.6) is 0 Å². The predicted molar refractivity (Wildman–Crippen MR) is 34.4 cm³/mol. The number of rotatable bonds is 3. The summed E-state index contributed by atoms with van der Waals surface area (Å²) in [5.74, 6) is 0. The molecule has 0 aliphatic rings. The van der Waals surface area contributed by atoms with Crippen LogP contribution >= 0.6 is 0 Å². The lowest BCUT2D eigenvalue weighted by atomic mass is 10.7. The van der Waals surface area contributed by atoms with Gasteiger partial charge in [-0.3, -0.25) is 0 Å². The average molecular weight is 124 g/mol. The molecule has 0 saturated carbocycles. The first kappa shape index (κ1) is 5.81. The highest BCUT2D eigenvalue weighted by Gasteiger charge is 1.81. The molecule has 1 N–H and O–H groups in total. The highest BCUT2D eigenvalue weighted by molar-refractivity contribution is 4.80. The van der Waals surface area contributed by atoms with E-state index in [1.54, 1.807) is 18.5 Å². The van der Waals surface area contributed by atoms with Crippen LogP contribution in [0.4, 0.5) is 0 Å². The largest absolute Gasteiger partial charge is 0.305 e. The van der Waals surface area contributed by atoms with Gasteiger partial charge in [0.2, 0.25) is 0 Å². The molecule has 48 valence electrons. The van der Waals surface area contributed by atoms with Crippen LogP contribution in [0.15, 0.2) is 25.0 Å². The molecule has 4 heteroatoms. The Morgan fingerprint density at radius 2 is 2.67 bits per heavy atom. The van der Waals surface area contributed by atoms with Crippen molar-refractivity contribution >= 4 is 0 Å². The molecule has 0 aliphatic heterocycles. The van der Waals surface area contributed by atoms with Crippen molar-refractivity contribution in [2.75, 3.05) is 12.0 Å². The molecule has 0 amide bonds. The van der Waals surface area contributed by atoms with Crippen LogP contribution in [0.1, 0.15) is 0 Å². The standard InChI is InChI=1S/C5H8N4/c1-2-3-7-9-5-4-6-8-9/h2,4-5,7H,1,3H2. The molecule has 1 rings (SSSR count). The highest BCUT2D eigenvalue weighted by Crippen LogP contribution is 1.72. The monoisotopic (exact) mass is 124 g/mol. The molecule has 0 aliphatic carbocycles. The van der Waals surface area contributed by atoms with E-state index < -0.39 is 0 Å². The molecule has 9 heavy (non-hydrogen) atoms. The number of hydrogen-bond acceptors (Lipinski definition) is 3. The maximum atomic E-state index is 3.66. The lowest BCUT2D eigenvalue weighted by Gasteiger charge is -1.97. The van der Waals surface area contributed by atoms with E-state index >= 15 is 0 Å². The van der Waals surface area contributed by atoms with Crippen LogP contribution in [0.2, 0.25) is 0 Å². The fourth-order valence-electron chi connectivity index (χ4n) is 0.451. The van der Waals surface area contributed by atoms with Gasteiger partial charge in [-0.05, 0) is 5.21 Å². The van der Waals surface area contributed by atoms with Crippen LogP contribution in [-0.2, 0) is 0 Å². The van der Waals surface area contributed by atoms with Crippen molar-refractivity contribution in [3.8, 4) is 0 Å². The minimum atomic E-state index is 0.698. The zero-order valence-electron chi connectivity index (χ0n) is 4.99. The van der Waals surface area contributed by atoms with E-state index in [4.69, 9.17) is 0 Å². The highest BCUT2D eigenvalue weighted by atomic mass is 15.6. The third-order valence-corrected chi connectivity index (χ3v) is 0.820. The molecule has 0 radical (unpaired) electrons. The van der Waals surface area contributed by atoms with Gasteiger partial charge < -0.3 is 5.43 Å². The van der Waals surface area contributed by atoms with Gasteiger partial charge in [-0.15, -0.1) is 11.7 Å². The van der Waals surface area contributed by atoms with E-state index in [9.17, 15) is 0 Å². The SMILES string of the molecule is C=CCNn1ccnn1. The van der Waals surface area contributed by atoms with E-state index in [0.717, 1.165) is 0 Å². The maximum Gasteiger partial charge on any atom is 0.0715 e. The predicted octanol–water partition coefficient (Wildman–Crippen LogP) is 0.00760. The van der Waals surface area contributed by atoms with Crippen LogP contribution in [0.25, 0.3) is 0 Å². The van der Waals surface area contributed by atoms with Gasteiger partial charge in [0.15, 0.2) is 0 Å². The molecule has 0 bridgehead atoms. The minimum absolute atomic E-state index is 0.698. The van der Waals surface area contributed by atoms with Crippen molar-refractivity contribution < 1.29 is 0 Å². The molecule has 1 heterocycles. The second-order valence-electron chi connectivity index (χ2n) is 1.50. The first-order valence-electron chi connectivity index (χ1n) is 2.64. The normalized spacial score (nSPS) is 8.89. The molecule has 0 saturated heterocycles. The summed E-state index contributed by atoms with van der Waals surface area (Å²) in [6.45, 7) is 4.23. The number of nitrogens with zero attached hydrogens (tertiary/aromatic N) is 3. The van der Waals surface area contributed by atoms with Gasteiger partial charge in [-0.2, -0.15) is 4.79 Å². The van der Waals surface area contributed by atoms with Crippen molar-refractivity contribution in [1.29, 1.82) is 0 Å². The quantitative estimate of drug-likeness (QED) is 0.577. The van der Waals surface area contributed by atoms with Crippen molar-refractivity contribution in [3.63, 3.8) is 0 Å². The Bertz CT molecular complexity index is 167. The van der Waals surface area contributed by atoms with Gasteiger partial charge in [-0.1, -0.05) is 6.08 Å². The van der Waals surface area contributed by atoms with Gasteiger partial charge in [0.25, 0.3) is 0 Å².